The summed E-state index contributed by atoms with van der Waals surface area (Å²) in [6.07, 6.45) is 0. The number of nitrogens with one attached hydrogen (secondary N) is 2. The number of para-hydroxylation sites is 1. The van der Waals surface area contributed by atoms with E-state index in [1.165, 1.54) is 0 Å². The van der Waals surface area contributed by atoms with E-state index in [0.29, 0.717) is 30.4 Å². The lowest BCUT2D eigenvalue weighted by Gasteiger charge is -2.17. The number of guanidine groups is 1. The Morgan fingerprint density at radius 1 is 1.23 bits per heavy atom. The van der Waals surface area contributed by atoms with Crippen molar-refractivity contribution < 1.29 is 18.3 Å². The summed E-state index contributed by atoms with van der Waals surface area (Å²) in [5, 5.41) is 6.27. The van der Waals surface area contributed by atoms with Crippen LogP contribution in [0, 0.1) is 0 Å². The molecule has 142 valence electrons. The average molecular weight is 448 g/mol. The third-order valence-corrected chi connectivity index (χ3v) is 4.92. The first-order valence-corrected chi connectivity index (χ1v) is 9.52. The van der Waals surface area contributed by atoms with E-state index < -0.39 is 6.61 Å². The third-order valence-electron chi connectivity index (χ3n) is 3.30. The third kappa shape index (κ3) is 6.14. The lowest BCUT2D eigenvalue weighted by Crippen LogP contribution is -2.36. The number of hydrogen-bond acceptors (Lipinski definition) is 4. The molecule has 5 nitrogen and oxygen atoms in total. The molecule has 2 aromatic rings. The first kappa shape index (κ1) is 20.4. The minimum atomic E-state index is -2.93. The van der Waals surface area contributed by atoms with Crippen LogP contribution in [0.3, 0.4) is 0 Å². The molecule has 1 heterocycles. The summed E-state index contributed by atoms with van der Waals surface area (Å²) in [4.78, 5) is 5.28. The van der Waals surface area contributed by atoms with Gasteiger partial charge < -0.3 is 20.1 Å². The van der Waals surface area contributed by atoms with Gasteiger partial charge in [-0.1, -0.05) is 12.1 Å². The van der Waals surface area contributed by atoms with E-state index in [0.717, 1.165) is 8.66 Å². The maximum atomic E-state index is 12.8. The second-order valence-electron chi connectivity index (χ2n) is 5.04. The highest BCUT2D eigenvalue weighted by Gasteiger charge is 2.16. The molecular weight excluding hydrogens is 428 g/mol. The number of ether oxygens (including phenoxy) is 2. The molecule has 0 aliphatic carbocycles. The quantitative estimate of drug-likeness (QED) is 0.465. The Hall–Kier alpha value is -1.87. The Morgan fingerprint density at radius 2 is 2.00 bits per heavy atom. The molecule has 0 aliphatic heterocycles. The van der Waals surface area contributed by atoms with Crippen molar-refractivity contribution in [3.05, 3.63) is 44.6 Å². The van der Waals surface area contributed by atoms with Crippen molar-refractivity contribution in [2.45, 2.75) is 26.6 Å². The SMILES string of the molecule is CCOc1cccc(CNC(=NC)NCc2ccc(Br)s2)c1OC(F)F. The van der Waals surface area contributed by atoms with Gasteiger partial charge in [0.15, 0.2) is 17.5 Å². The standard InChI is InChI=1S/C17H20BrF2N3O2S/c1-3-24-13-6-4-5-11(15(13)25-16(19)20)9-22-17(21-2)23-10-12-7-8-14(18)26-12/h4-8,16H,3,9-10H2,1-2H3,(H2,21,22,23). The molecule has 2 N–H and O–H groups in total. The fourth-order valence-corrected chi connectivity index (χ4v) is 3.63. The molecule has 0 aliphatic rings. The lowest BCUT2D eigenvalue weighted by molar-refractivity contribution is -0.0520. The predicted octanol–water partition coefficient (Wildman–Crippen LogP) is 4.38. The van der Waals surface area contributed by atoms with Gasteiger partial charge in [0.05, 0.1) is 16.9 Å². The Labute approximate surface area is 163 Å². The van der Waals surface area contributed by atoms with Crippen LogP contribution in [-0.2, 0) is 13.1 Å². The van der Waals surface area contributed by atoms with Crippen LogP contribution >= 0.6 is 27.3 Å². The molecule has 0 fully saturated rings. The van der Waals surface area contributed by atoms with Crippen molar-refractivity contribution in [2.24, 2.45) is 4.99 Å². The number of hydrogen-bond donors (Lipinski definition) is 2. The van der Waals surface area contributed by atoms with Crippen molar-refractivity contribution in [3.8, 4) is 11.5 Å². The van der Waals surface area contributed by atoms with Crippen molar-refractivity contribution in [1.29, 1.82) is 0 Å². The second-order valence-corrected chi connectivity index (χ2v) is 7.59. The van der Waals surface area contributed by atoms with Gasteiger partial charge in [-0.05, 0) is 41.1 Å². The Balaban J connectivity index is 2.02. The van der Waals surface area contributed by atoms with Gasteiger partial charge in [0, 0.05) is 24.0 Å². The summed E-state index contributed by atoms with van der Waals surface area (Å²) >= 11 is 5.05. The maximum absolute atomic E-state index is 12.8. The number of halogens is 3. The van der Waals surface area contributed by atoms with Crippen LogP contribution in [0.4, 0.5) is 8.78 Å². The van der Waals surface area contributed by atoms with Crippen LogP contribution in [0.2, 0.25) is 0 Å². The first-order chi connectivity index (χ1) is 12.5. The van der Waals surface area contributed by atoms with Gasteiger partial charge in [0.25, 0.3) is 0 Å². The highest BCUT2D eigenvalue weighted by molar-refractivity contribution is 9.11. The summed E-state index contributed by atoms with van der Waals surface area (Å²) in [6, 6.07) is 9.03. The van der Waals surface area contributed by atoms with Gasteiger partial charge in [0.2, 0.25) is 0 Å². The van der Waals surface area contributed by atoms with E-state index in [4.69, 9.17) is 4.74 Å². The minimum Gasteiger partial charge on any atom is -0.490 e. The topological polar surface area (TPSA) is 54.9 Å². The first-order valence-electron chi connectivity index (χ1n) is 7.91. The molecule has 1 aromatic heterocycles. The molecule has 0 saturated heterocycles. The highest BCUT2D eigenvalue weighted by atomic mass is 79.9. The van der Waals surface area contributed by atoms with Crippen LogP contribution < -0.4 is 20.1 Å². The summed E-state index contributed by atoms with van der Waals surface area (Å²) in [7, 11) is 1.65. The second kappa shape index (κ2) is 10.3. The minimum absolute atomic E-state index is 0.0366. The normalized spacial score (nSPS) is 11.5. The number of rotatable bonds is 8. The van der Waals surface area contributed by atoms with Gasteiger partial charge in [-0.25, -0.2) is 0 Å². The van der Waals surface area contributed by atoms with E-state index in [1.54, 1.807) is 43.5 Å². The van der Waals surface area contributed by atoms with Gasteiger partial charge in [-0.3, -0.25) is 4.99 Å². The van der Waals surface area contributed by atoms with E-state index >= 15 is 0 Å². The van der Waals surface area contributed by atoms with Gasteiger partial charge in [-0.2, -0.15) is 8.78 Å². The summed E-state index contributed by atoms with van der Waals surface area (Å²) in [5.74, 6) is 0.882. The molecule has 26 heavy (non-hydrogen) atoms. The summed E-state index contributed by atoms with van der Waals surface area (Å²) < 4.78 is 36.6. The molecule has 0 unspecified atom stereocenters. The Kier molecular flexibility index (Phi) is 8.11. The van der Waals surface area contributed by atoms with Crippen molar-refractivity contribution in [2.75, 3.05) is 13.7 Å². The number of thiophene rings is 1. The molecular formula is C17H20BrF2N3O2S. The van der Waals surface area contributed by atoms with E-state index in [1.807, 2.05) is 12.1 Å². The number of benzene rings is 1. The van der Waals surface area contributed by atoms with Gasteiger partial charge in [-0.15, -0.1) is 11.3 Å². The smallest absolute Gasteiger partial charge is 0.387 e. The van der Waals surface area contributed by atoms with Crippen LogP contribution in [0.15, 0.2) is 39.1 Å². The zero-order chi connectivity index (χ0) is 18.9. The molecule has 9 heteroatoms. The van der Waals surface area contributed by atoms with Crippen molar-refractivity contribution >= 4 is 33.2 Å². The molecule has 0 radical (unpaired) electrons. The molecule has 0 spiro atoms. The Morgan fingerprint density at radius 3 is 2.62 bits per heavy atom. The maximum Gasteiger partial charge on any atom is 0.387 e. The Bertz CT molecular complexity index is 741. The zero-order valence-electron chi connectivity index (χ0n) is 14.4. The van der Waals surface area contributed by atoms with Crippen molar-refractivity contribution in [1.82, 2.24) is 10.6 Å². The fourth-order valence-electron chi connectivity index (χ4n) is 2.21. The van der Waals surface area contributed by atoms with Gasteiger partial charge >= 0.3 is 6.61 Å². The zero-order valence-corrected chi connectivity index (χ0v) is 16.8. The van der Waals surface area contributed by atoms with E-state index in [9.17, 15) is 8.78 Å². The highest BCUT2D eigenvalue weighted by Crippen LogP contribution is 2.32. The van der Waals surface area contributed by atoms with Gasteiger partial charge in [0.1, 0.15) is 0 Å². The fraction of sp³-hybridized carbons (Fsp3) is 0.353. The summed E-state index contributed by atoms with van der Waals surface area (Å²) in [5.41, 5.74) is 0.554. The van der Waals surface area contributed by atoms with E-state index in [-0.39, 0.29) is 12.3 Å². The molecule has 1 aromatic carbocycles. The number of aliphatic imine (C=N–C) groups is 1. The molecule has 2 rings (SSSR count). The molecule has 0 bridgehead atoms. The molecule has 0 amide bonds. The van der Waals surface area contributed by atoms with Crippen LogP contribution in [0.1, 0.15) is 17.4 Å². The molecule has 0 saturated carbocycles. The number of alkyl halides is 2. The van der Waals surface area contributed by atoms with Crippen LogP contribution in [-0.4, -0.2) is 26.2 Å². The monoisotopic (exact) mass is 447 g/mol. The average Bonchev–Trinajstić information content (AvgIpc) is 3.02. The number of nitrogens with zero attached hydrogens (tertiary/aromatic N) is 1. The predicted molar refractivity (Wildman–Crippen MR) is 103 cm³/mol. The largest absolute Gasteiger partial charge is 0.490 e. The molecule has 0 atom stereocenters. The lowest BCUT2D eigenvalue weighted by atomic mass is 10.2. The van der Waals surface area contributed by atoms with Crippen LogP contribution in [0.25, 0.3) is 0 Å². The van der Waals surface area contributed by atoms with E-state index in [2.05, 4.69) is 36.3 Å². The van der Waals surface area contributed by atoms with Crippen molar-refractivity contribution in [3.63, 3.8) is 0 Å². The van der Waals surface area contributed by atoms with Crippen LogP contribution in [0.5, 0.6) is 11.5 Å². The summed E-state index contributed by atoms with van der Waals surface area (Å²) in [6.45, 7) is 0.0820.